The SMILES string of the molecule is CCc1noc(C)c1C(=O)OCC(=O)Nc1ccc(S(=O)(=O)N(C)C(C)C)cc1. The molecule has 0 aliphatic rings. The van der Waals surface area contributed by atoms with Crippen molar-refractivity contribution in [1.29, 1.82) is 0 Å². The zero-order valence-corrected chi connectivity index (χ0v) is 17.9. The summed E-state index contributed by atoms with van der Waals surface area (Å²) in [6.07, 6.45) is 0.495. The third-order valence-electron chi connectivity index (χ3n) is 4.35. The van der Waals surface area contributed by atoms with Crippen LogP contribution in [0.4, 0.5) is 5.69 Å². The first-order chi connectivity index (χ1) is 13.6. The Bertz CT molecular complexity index is 980. The maximum absolute atomic E-state index is 12.4. The number of amides is 1. The second-order valence-electron chi connectivity index (χ2n) is 6.68. The number of nitrogens with one attached hydrogen (secondary N) is 1. The first-order valence-electron chi connectivity index (χ1n) is 9.08. The summed E-state index contributed by atoms with van der Waals surface area (Å²) < 4.78 is 36.2. The van der Waals surface area contributed by atoms with E-state index in [1.807, 2.05) is 6.92 Å². The fraction of sp³-hybridized carbons (Fsp3) is 0.421. The highest BCUT2D eigenvalue weighted by atomic mass is 32.2. The smallest absolute Gasteiger partial charge is 0.344 e. The first kappa shape index (κ1) is 22.6. The van der Waals surface area contributed by atoms with Crippen LogP contribution in [-0.2, 0) is 26.0 Å². The predicted octanol–water partition coefficient (Wildman–Crippen LogP) is 2.37. The molecule has 0 radical (unpaired) electrons. The van der Waals surface area contributed by atoms with E-state index >= 15 is 0 Å². The van der Waals surface area contributed by atoms with Crippen LogP contribution in [0.1, 0.15) is 42.6 Å². The summed E-state index contributed by atoms with van der Waals surface area (Å²) in [5, 5.41) is 6.33. The van der Waals surface area contributed by atoms with E-state index in [0.29, 0.717) is 23.6 Å². The Morgan fingerprint density at radius 1 is 1.24 bits per heavy atom. The van der Waals surface area contributed by atoms with Gasteiger partial charge in [0, 0.05) is 18.8 Å². The Balaban J connectivity index is 1.98. The number of aromatic nitrogens is 1. The van der Waals surface area contributed by atoms with Crippen LogP contribution in [-0.4, -0.2) is 49.5 Å². The number of carbonyl (C=O) groups is 2. The van der Waals surface area contributed by atoms with Gasteiger partial charge < -0.3 is 14.6 Å². The zero-order valence-electron chi connectivity index (χ0n) is 17.1. The highest BCUT2D eigenvalue weighted by Crippen LogP contribution is 2.19. The van der Waals surface area contributed by atoms with Crippen LogP contribution in [0.3, 0.4) is 0 Å². The Morgan fingerprint density at radius 2 is 1.86 bits per heavy atom. The van der Waals surface area contributed by atoms with Gasteiger partial charge in [-0.3, -0.25) is 4.79 Å². The van der Waals surface area contributed by atoms with Gasteiger partial charge in [0.2, 0.25) is 10.0 Å². The monoisotopic (exact) mass is 423 g/mol. The molecule has 0 fully saturated rings. The minimum atomic E-state index is -3.60. The Kier molecular flexibility index (Phi) is 7.15. The number of hydrogen-bond donors (Lipinski definition) is 1. The van der Waals surface area contributed by atoms with Crippen molar-refractivity contribution in [3.05, 3.63) is 41.3 Å². The van der Waals surface area contributed by atoms with Gasteiger partial charge in [-0.15, -0.1) is 0 Å². The van der Waals surface area contributed by atoms with Crippen LogP contribution >= 0.6 is 0 Å². The standard InChI is InChI=1S/C19H25N3O6S/c1-6-16-18(13(4)28-21-16)19(24)27-11-17(23)20-14-7-9-15(10-8-14)29(25,26)22(5)12(2)3/h7-10,12H,6,11H2,1-5H3,(H,20,23). The van der Waals surface area contributed by atoms with Crippen LogP contribution in [0.25, 0.3) is 0 Å². The highest BCUT2D eigenvalue weighted by Gasteiger charge is 2.23. The molecule has 1 heterocycles. The summed E-state index contributed by atoms with van der Waals surface area (Å²) >= 11 is 0. The van der Waals surface area contributed by atoms with Gasteiger partial charge in [-0.1, -0.05) is 12.1 Å². The van der Waals surface area contributed by atoms with Gasteiger partial charge in [-0.25, -0.2) is 13.2 Å². The lowest BCUT2D eigenvalue weighted by Gasteiger charge is -2.21. The number of esters is 1. The van der Waals surface area contributed by atoms with E-state index in [-0.39, 0.29) is 16.5 Å². The summed E-state index contributed by atoms with van der Waals surface area (Å²) in [6.45, 7) is 6.47. The number of hydrogen-bond acceptors (Lipinski definition) is 7. The van der Waals surface area contributed by atoms with E-state index in [9.17, 15) is 18.0 Å². The quantitative estimate of drug-likeness (QED) is 0.647. The molecule has 1 N–H and O–H groups in total. The minimum Gasteiger partial charge on any atom is -0.452 e. The lowest BCUT2D eigenvalue weighted by atomic mass is 10.1. The van der Waals surface area contributed by atoms with E-state index < -0.39 is 28.5 Å². The molecule has 1 aromatic carbocycles. The van der Waals surface area contributed by atoms with Crippen molar-refractivity contribution in [2.75, 3.05) is 19.0 Å². The molecule has 0 bridgehead atoms. The van der Waals surface area contributed by atoms with Crippen molar-refractivity contribution in [1.82, 2.24) is 9.46 Å². The van der Waals surface area contributed by atoms with E-state index in [1.54, 1.807) is 20.8 Å². The summed E-state index contributed by atoms with van der Waals surface area (Å²) in [7, 11) is -2.10. The largest absolute Gasteiger partial charge is 0.452 e. The second-order valence-corrected chi connectivity index (χ2v) is 8.68. The molecule has 0 atom stereocenters. The third kappa shape index (κ3) is 5.21. The molecule has 2 rings (SSSR count). The number of carbonyl (C=O) groups excluding carboxylic acids is 2. The zero-order chi connectivity index (χ0) is 21.8. The molecule has 0 saturated heterocycles. The van der Waals surface area contributed by atoms with Crippen molar-refractivity contribution in [2.24, 2.45) is 0 Å². The molecule has 9 nitrogen and oxygen atoms in total. The molecule has 0 aliphatic heterocycles. The van der Waals surface area contributed by atoms with Gasteiger partial charge in [-0.2, -0.15) is 4.31 Å². The molecule has 0 spiro atoms. The lowest BCUT2D eigenvalue weighted by molar-refractivity contribution is -0.119. The van der Waals surface area contributed by atoms with Gasteiger partial charge in [0.1, 0.15) is 11.3 Å². The number of rotatable bonds is 8. The van der Waals surface area contributed by atoms with Crippen molar-refractivity contribution >= 4 is 27.6 Å². The van der Waals surface area contributed by atoms with Crippen LogP contribution in [0.5, 0.6) is 0 Å². The lowest BCUT2D eigenvalue weighted by Crippen LogP contribution is -2.33. The number of sulfonamides is 1. The molecular formula is C19H25N3O6S. The molecule has 29 heavy (non-hydrogen) atoms. The maximum Gasteiger partial charge on any atom is 0.344 e. The summed E-state index contributed by atoms with van der Waals surface area (Å²) in [6, 6.07) is 5.57. The van der Waals surface area contributed by atoms with Gasteiger partial charge in [0.25, 0.3) is 5.91 Å². The molecule has 2 aromatic rings. The Hall–Kier alpha value is -2.72. The van der Waals surface area contributed by atoms with Gasteiger partial charge >= 0.3 is 5.97 Å². The average Bonchev–Trinajstić information content (AvgIpc) is 3.06. The summed E-state index contributed by atoms with van der Waals surface area (Å²) in [4.78, 5) is 24.3. The fourth-order valence-electron chi connectivity index (χ4n) is 2.48. The number of aryl methyl sites for hydroxylation is 2. The van der Waals surface area contributed by atoms with Crippen LogP contribution < -0.4 is 5.32 Å². The second kappa shape index (κ2) is 9.19. The van der Waals surface area contributed by atoms with Crippen molar-refractivity contribution in [3.63, 3.8) is 0 Å². The molecular weight excluding hydrogens is 398 g/mol. The number of anilines is 1. The molecule has 10 heteroatoms. The van der Waals surface area contributed by atoms with E-state index in [0.717, 1.165) is 0 Å². The first-order valence-corrected chi connectivity index (χ1v) is 10.5. The average molecular weight is 423 g/mol. The van der Waals surface area contributed by atoms with Crippen molar-refractivity contribution in [3.8, 4) is 0 Å². The number of nitrogens with zero attached hydrogens (tertiary/aromatic N) is 2. The summed E-state index contributed by atoms with van der Waals surface area (Å²) in [5.41, 5.74) is 1.08. The molecule has 158 valence electrons. The highest BCUT2D eigenvalue weighted by molar-refractivity contribution is 7.89. The minimum absolute atomic E-state index is 0.119. The topological polar surface area (TPSA) is 119 Å². The van der Waals surface area contributed by atoms with Crippen LogP contribution in [0, 0.1) is 6.92 Å². The molecule has 0 saturated carbocycles. The van der Waals surface area contributed by atoms with Crippen molar-refractivity contribution < 1.29 is 27.3 Å². The van der Waals surface area contributed by atoms with Gasteiger partial charge in [0.05, 0.1) is 10.6 Å². The number of ether oxygens (including phenoxy) is 1. The Morgan fingerprint density at radius 3 is 2.41 bits per heavy atom. The summed E-state index contributed by atoms with van der Waals surface area (Å²) in [5.74, 6) is -0.912. The third-order valence-corrected chi connectivity index (χ3v) is 6.40. The fourth-order valence-corrected chi connectivity index (χ4v) is 3.84. The van der Waals surface area contributed by atoms with E-state index in [1.165, 1.54) is 35.6 Å². The van der Waals surface area contributed by atoms with E-state index in [4.69, 9.17) is 9.26 Å². The predicted molar refractivity (Wildman–Crippen MR) is 106 cm³/mol. The van der Waals surface area contributed by atoms with Crippen LogP contribution in [0.15, 0.2) is 33.7 Å². The molecule has 0 aliphatic carbocycles. The van der Waals surface area contributed by atoms with Crippen molar-refractivity contribution in [2.45, 2.75) is 45.1 Å². The number of benzene rings is 1. The molecule has 1 amide bonds. The molecule has 1 aromatic heterocycles. The Labute approximate surface area is 170 Å². The van der Waals surface area contributed by atoms with E-state index in [2.05, 4.69) is 10.5 Å². The van der Waals surface area contributed by atoms with Crippen LogP contribution in [0.2, 0.25) is 0 Å². The normalized spacial score (nSPS) is 11.7. The maximum atomic E-state index is 12.4. The van der Waals surface area contributed by atoms with Gasteiger partial charge in [0.15, 0.2) is 6.61 Å². The van der Waals surface area contributed by atoms with Gasteiger partial charge in [-0.05, 0) is 51.5 Å². The molecule has 0 unspecified atom stereocenters.